The number of rotatable bonds is 6. The molecule has 0 saturated heterocycles. The van der Waals surface area contributed by atoms with Gasteiger partial charge in [0, 0.05) is 19.6 Å². The van der Waals surface area contributed by atoms with E-state index in [1.165, 1.54) is 0 Å². The van der Waals surface area contributed by atoms with Crippen LogP contribution in [-0.2, 0) is 0 Å². The van der Waals surface area contributed by atoms with Crippen LogP contribution in [0.2, 0.25) is 0 Å². The van der Waals surface area contributed by atoms with Crippen LogP contribution in [0.4, 0.5) is 0 Å². The van der Waals surface area contributed by atoms with Crippen LogP contribution < -0.4 is 5.43 Å². The fourth-order valence-electron chi connectivity index (χ4n) is 0.746. The first kappa shape index (κ1) is 10.8. The zero-order valence-electron chi connectivity index (χ0n) is 7.25. The normalized spacial score (nSPS) is 13.9. The number of aliphatic hydroxyl groups is 2. The van der Waals surface area contributed by atoms with Crippen molar-refractivity contribution in [2.24, 2.45) is 0 Å². The minimum absolute atomic E-state index is 0.186. The standard InChI is InChI=1S/C7H18N2O2/c1-3-9(4-2)8-5-7(11)6-10/h7-8,10-11H,3-6H2,1-2H3. The van der Waals surface area contributed by atoms with Crippen LogP contribution in [-0.4, -0.2) is 47.6 Å². The highest BCUT2D eigenvalue weighted by atomic mass is 16.3. The fraction of sp³-hybridized carbons (Fsp3) is 1.00. The van der Waals surface area contributed by atoms with Gasteiger partial charge in [-0.3, -0.25) is 5.43 Å². The Morgan fingerprint density at radius 3 is 2.27 bits per heavy atom. The van der Waals surface area contributed by atoms with Crippen LogP contribution in [0.3, 0.4) is 0 Å². The third-order valence-electron chi connectivity index (χ3n) is 1.52. The number of hydrogen-bond acceptors (Lipinski definition) is 4. The van der Waals surface area contributed by atoms with Gasteiger partial charge in [0.2, 0.25) is 0 Å². The maximum absolute atomic E-state index is 8.96. The summed E-state index contributed by atoms with van der Waals surface area (Å²) in [5.74, 6) is 0. The molecule has 0 amide bonds. The van der Waals surface area contributed by atoms with Crippen molar-refractivity contribution < 1.29 is 10.2 Å². The van der Waals surface area contributed by atoms with Crippen molar-refractivity contribution in [1.82, 2.24) is 10.4 Å². The number of hydrogen-bond donors (Lipinski definition) is 3. The lowest BCUT2D eigenvalue weighted by Gasteiger charge is -2.20. The van der Waals surface area contributed by atoms with Gasteiger partial charge in [-0.1, -0.05) is 13.8 Å². The number of hydrazine groups is 1. The topological polar surface area (TPSA) is 55.7 Å². The van der Waals surface area contributed by atoms with Gasteiger partial charge in [-0.15, -0.1) is 0 Å². The highest BCUT2D eigenvalue weighted by molar-refractivity contribution is 4.55. The summed E-state index contributed by atoms with van der Waals surface area (Å²) in [5, 5.41) is 19.4. The third kappa shape index (κ3) is 5.15. The highest BCUT2D eigenvalue weighted by Gasteiger charge is 2.02. The molecule has 0 spiro atoms. The van der Waals surface area contributed by atoms with Crippen LogP contribution in [0.25, 0.3) is 0 Å². The Balaban J connectivity index is 3.34. The Labute approximate surface area is 67.8 Å². The number of aliphatic hydroxyl groups excluding tert-OH is 2. The molecule has 1 atom stereocenters. The van der Waals surface area contributed by atoms with Gasteiger partial charge in [-0.25, -0.2) is 5.01 Å². The minimum atomic E-state index is -0.657. The van der Waals surface area contributed by atoms with Crippen LogP contribution in [0.5, 0.6) is 0 Å². The highest BCUT2D eigenvalue weighted by Crippen LogP contribution is 1.82. The lowest BCUT2D eigenvalue weighted by atomic mass is 10.4. The van der Waals surface area contributed by atoms with Gasteiger partial charge >= 0.3 is 0 Å². The molecule has 0 aliphatic rings. The minimum Gasteiger partial charge on any atom is -0.394 e. The second kappa shape index (κ2) is 6.54. The van der Waals surface area contributed by atoms with Crippen LogP contribution >= 0.6 is 0 Å². The Bertz CT molecular complexity index is 86.5. The summed E-state index contributed by atoms with van der Waals surface area (Å²) in [6.07, 6.45) is -0.657. The molecule has 0 radical (unpaired) electrons. The van der Waals surface area contributed by atoms with Crippen LogP contribution in [0, 0.1) is 0 Å². The van der Waals surface area contributed by atoms with E-state index in [0.29, 0.717) is 6.54 Å². The largest absolute Gasteiger partial charge is 0.394 e. The quantitative estimate of drug-likeness (QED) is 0.447. The van der Waals surface area contributed by atoms with E-state index < -0.39 is 6.10 Å². The van der Waals surface area contributed by atoms with Crippen molar-refractivity contribution in [2.75, 3.05) is 26.2 Å². The average molecular weight is 162 g/mol. The molecule has 0 aromatic carbocycles. The molecule has 68 valence electrons. The van der Waals surface area contributed by atoms with E-state index in [1.807, 2.05) is 18.9 Å². The van der Waals surface area contributed by atoms with Gasteiger partial charge in [0.25, 0.3) is 0 Å². The van der Waals surface area contributed by atoms with Gasteiger partial charge in [-0.2, -0.15) is 0 Å². The predicted molar refractivity (Wildman–Crippen MR) is 44.0 cm³/mol. The van der Waals surface area contributed by atoms with Crippen molar-refractivity contribution >= 4 is 0 Å². The van der Waals surface area contributed by atoms with E-state index in [9.17, 15) is 0 Å². The summed E-state index contributed by atoms with van der Waals surface area (Å²) in [7, 11) is 0. The van der Waals surface area contributed by atoms with Crippen LogP contribution in [0.15, 0.2) is 0 Å². The van der Waals surface area contributed by atoms with Crippen molar-refractivity contribution in [3.8, 4) is 0 Å². The van der Waals surface area contributed by atoms with Gasteiger partial charge < -0.3 is 10.2 Å². The molecule has 0 saturated carbocycles. The zero-order valence-corrected chi connectivity index (χ0v) is 7.25. The Morgan fingerprint density at radius 2 is 1.91 bits per heavy atom. The molecule has 0 heterocycles. The average Bonchev–Trinajstić information content (AvgIpc) is 2.06. The summed E-state index contributed by atoms with van der Waals surface area (Å²) in [6, 6.07) is 0. The molecule has 1 unspecified atom stereocenters. The first-order chi connectivity index (χ1) is 5.24. The molecule has 0 fully saturated rings. The molecule has 0 rings (SSSR count). The molecule has 3 N–H and O–H groups in total. The Kier molecular flexibility index (Phi) is 6.45. The van der Waals surface area contributed by atoms with Crippen molar-refractivity contribution in [3.63, 3.8) is 0 Å². The molecule has 0 bridgehead atoms. The maximum Gasteiger partial charge on any atom is 0.0908 e. The second-order valence-corrected chi connectivity index (χ2v) is 2.37. The van der Waals surface area contributed by atoms with E-state index in [0.717, 1.165) is 13.1 Å². The first-order valence-electron chi connectivity index (χ1n) is 4.01. The van der Waals surface area contributed by atoms with E-state index in [4.69, 9.17) is 10.2 Å². The molecule has 4 heteroatoms. The Hall–Kier alpha value is -0.160. The van der Waals surface area contributed by atoms with E-state index in [-0.39, 0.29) is 6.61 Å². The second-order valence-electron chi connectivity index (χ2n) is 2.37. The number of nitrogens with zero attached hydrogens (tertiary/aromatic N) is 1. The summed E-state index contributed by atoms with van der Waals surface area (Å²) in [5.41, 5.74) is 2.99. The van der Waals surface area contributed by atoms with Gasteiger partial charge in [-0.05, 0) is 0 Å². The summed E-state index contributed by atoms with van der Waals surface area (Å²) < 4.78 is 0. The first-order valence-corrected chi connectivity index (χ1v) is 4.01. The van der Waals surface area contributed by atoms with Crippen molar-refractivity contribution in [2.45, 2.75) is 20.0 Å². The fourth-order valence-corrected chi connectivity index (χ4v) is 0.746. The zero-order chi connectivity index (χ0) is 8.69. The van der Waals surface area contributed by atoms with E-state index in [2.05, 4.69) is 5.43 Å². The molecular formula is C7H18N2O2. The smallest absolute Gasteiger partial charge is 0.0908 e. The van der Waals surface area contributed by atoms with Crippen molar-refractivity contribution in [1.29, 1.82) is 0 Å². The van der Waals surface area contributed by atoms with Gasteiger partial charge in [0.1, 0.15) is 0 Å². The van der Waals surface area contributed by atoms with Crippen LogP contribution in [0.1, 0.15) is 13.8 Å². The monoisotopic (exact) mass is 162 g/mol. The van der Waals surface area contributed by atoms with Gasteiger partial charge in [0.05, 0.1) is 12.7 Å². The van der Waals surface area contributed by atoms with E-state index in [1.54, 1.807) is 0 Å². The maximum atomic E-state index is 8.96. The molecule has 11 heavy (non-hydrogen) atoms. The van der Waals surface area contributed by atoms with Gasteiger partial charge in [0.15, 0.2) is 0 Å². The molecule has 4 nitrogen and oxygen atoms in total. The lowest BCUT2D eigenvalue weighted by molar-refractivity contribution is 0.0698. The molecule has 0 aliphatic heterocycles. The lowest BCUT2D eigenvalue weighted by Crippen LogP contribution is -2.42. The Morgan fingerprint density at radius 1 is 1.36 bits per heavy atom. The predicted octanol–water partition coefficient (Wildman–Crippen LogP) is -0.814. The van der Waals surface area contributed by atoms with E-state index >= 15 is 0 Å². The molecule has 0 aliphatic carbocycles. The summed E-state index contributed by atoms with van der Waals surface area (Å²) in [6.45, 7) is 6.08. The third-order valence-corrected chi connectivity index (χ3v) is 1.52. The van der Waals surface area contributed by atoms with Crippen molar-refractivity contribution in [3.05, 3.63) is 0 Å². The molecular weight excluding hydrogens is 144 g/mol. The number of nitrogens with one attached hydrogen (secondary N) is 1. The summed E-state index contributed by atoms with van der Waals surface area (Å²) in [4.78, 5) is 0. The summed E-state index contributed by atoms with van der Waals surface area (Å²) >= 11 is 0. The SMILES string of the molecule is CCN(CC)NCC(O)CO. The molecule has 0 aromatic rings. The molecule has 0 aromatic heterocycles.